The van der Waals surface area contributed by atoms with Crippen LogP contribution < -0.4 is 4.90 Å². The molecule has 0 unspecified atom stereocenters. The number of hydrogen-bond donors (Lipinski definition) is 0. The first-order chi connectivity index (χ1) is 28.8. The third kappa shape index (κ3) is 5.73. The molecule has 0 bridgehead atoms. The highest BCUT2D eigenvalue weighted by Crippen LogP contribution is 2.54. The van der Waals surface area contributed by atoms with Crippen molar-refractivity contribution in [3.63, 3.8) is 0 Å². The van der Waals surface area contributed by atoms with Crippen LogP contribution >= 0.6 is 0 Å². The van der Waals surface area contributed by atoms with Crippen LogP contribution in [0.25, 0.3) is 55.3 Å². The van der Waals surface area contributed by atoms with Crippen LogP contribution in [-0.4, -0.2) is 0 Å². The van der Waals surface area contributed by atoms with E-state index in [2.05, 4.69) is 202 Å². The molecule has 1 nitrogen and oxygen atoms in total. The van der Waals surface area contributed by atoms with Gasteiger partial charge in [0.2, 0.25) is 0 Å². The topological polar surface area (TPSA) is 3.24 Å². The summed E-state index contributed by atoms with van der Waals surface area (Å²) in [4.78, 5) is 2.51. The lowest BCUT2D eigenvalue weighted by Crippen LogP contribution is -2.16. The van der Waals surface area contributed by atoms with E-state index >= 15 is 0 Å². The van der Waals surface area contributed by atoms with Crippen molar-refractivity contribution in [3.05, 3.63) is 198 Å². The summed E-state index contributed by atoms with van der Waals surface area (Å²) in [5, 5.41) is 2.50. The Kier molecular flexibility index (Phi) is 8.35. The van der Waals surface area contributed by atoms with E-state index in [1.165, 1.54) is 121 Å². The molecule has 8 aromatic rings. The third-order valence-corrected chi connectivity index (χ3v) is 14.3. The zero-order valence-electron chi connectivity index (χ0n) is 34.7. The van der Waals surface area contributed by atoms with Gasteiger partial charge in [0.25, 0.3) is 0 Å². The Labute approximate surface area is 350 Å². The molecule has 0 saturated heterocycles. The summed E-state index contributed by atoms with van der Waals surface area (Å²) >= 11 is 0. The van der Waals surface area contributed by atoms with Gasteiger partial charge in [-0.1, -0.05) is 180 Å². The molecule has 0 aromatic heterocycles. The van der Waals surface area contributed by atoms with Gasteiger partial charge in [-0.05, 0) is 133 Å². The summed E-state index contributed by atoms with van der Waals surface area (Å²) in [6, 6.07) is 64.6. The normalized spacial score (nSPS) is 16.0. The van der Waals surface area contributed by atoms with Gasteiger partial charge < -0.3 is 4.90 Å². The Morgan fingerprint density at radius 1 is 0.424 bits per heavy atom. The zero-order chi connectivity index (χ0) is 39.9. The molecule has 0 amide bonds. The lowest BCUT2D eigenvalue weighted by molar-refractivity contribution is 0.443. The molecule has 288 valence electrons. The highest BCUT2D eigenvalue weighted by molar-refractivity contribution is 6.06. The van der Waals surface area contributed by atoms with Gasteiger partial charge in [0.05, 0.1) is 5.69 Å². The summed E-state index contributed by atoms with van der Waals surface area (Å²) in [5.41, 5.74) is 20.7. The fourth-order valence-electron chi connectivity index (χ4n) is 11.1. The molecule has 0 heterocycles. The van der Waals surface area contributed by atoms with Crippen molar-refractivity contribution < 1.29 is 0 Å². The standard InChI is InChI=1S/C58H51N/c1-57(2)52-21-13-11-19-48(52)50-37-45(32-34-53(50)57)59(44-30-26-41(27-31-44)40-24-22-39(23-25-40)38-14-6-5-7-15-38)55-35-29-42-16-8-9-17-46(42)56(55)43-28-33-49-47-18-10-12-20-51(47)58(3,4)54(49)36-43/h8-13,16-38H,5-7,14-15H2,1-4H3. The summed E-state index contributed by atoms with van der Waals surface area (Å²) < 4.78 is 0. The molecular formula is C58H51N. The highest BCUT2D eigenvalue weighted by Gasteiger charge is 2.37. The van der Waals surface area contributed by atoms with E-state index in [-0.39, 0.29) is 10.8 Å². The molecule has 1 fully saturated rings. The SMILES string of the molecule is CC1(C)c2ccccc2-c2cc(N(c3ccc(-c4ccc(C5CCCCC5)cc4)cc3)c3ccc4ccccc4c3-c3ccc4c(c3)C(C)(C)c3ccccc3-4)ccc21. The van der Waals surface area contributed by atoms with Crippen LogP contribution in [0.4, 0.5) is 17.1 Å². The minimum Gasteiger partial charge on any atom is -0.310 e. The van der Waals surface area contributed by atoms with Gasteiger partial charge in [-0.25, -0.2) is 0 Å². The molecule has 0 radical (unpaired) electrons. The van der Waals surface area contributed by atoms with Crippen molar-refractivity contribution in [2.45, 2.75) is 76.5 Å². The first kappa shape index (κ1) is 35.9. The quantitative estimate of drug-likeness (QED) is 0.163. The van der Waals surface area contributed by atoms with Crippen LogP contribution in [-0.2, 0) is 10.8 Å². The zero-order valence-corrected chi connectivity index (χ0v) is 34.7. The molecule has 11 rings (SSSR count). The third-order valence-electron chi connectivity index (χ3n) is 14.3. The van der Waals surface area contributed by atoms with Crippen LogP contribution in [0.5, 0.6) is 0 Å². The van der Waals surface area contributed by atoms with E-state index in [4.69, 9.17) is 0 Å². The summed E-state index contributed by atoms with van der Waals surface area (Å²) in [5.74, 6) is 0.710. The largest absolute Gasteiger partial charge is 0.310 e. The monoisotopic (exact) mass is 761 g/mol. The lowest BCUT2D eigenvalue weighted by atomic mass is 9.81. The molecule has 59 heavy (non-hydrogen) atoms. The molecule has 0 aliphatic heterocycles. The Hall–Kier alpha value is -6.18. The molecule has 3 aliphatic rings. The minimum absolute atomic E-state index is 0.0631. The summed E-state index contributed by atoms with van der Waals surface area (Å²) in [6.45, 7) is 9.49. The van der Waals surface area contributed by atoms with Crippen molar-refractivity contribution in [2.24, 2.45) is 0 Å². The number of fused-ring (bicyclic) bond motifs is 7. The van der Waals surface area contributed by atoms with E-state index in [1.807, 2.05) is 0 Å². The predicted octanol–water partition coefficient (Wildman–Crippen LogP) is 16.3. The number of hydrogen-bond acceptors (Lipinski definition) is 1. The molecule has 1 heteroatoms. The second-order valence-electron chi connectivity index (χ2n) is 18.4. The van der Waals surface area contributed by atoms with Crippen LogP contribution in [0, 0.1) is 0 Å². The van der Waals surface area contributed by atoms with Gasteiger partial charge in [0.15, 0.2) is 0 Å². The molecule has 3 aliphatic carbocycles. The summed E-state index contributed by atoms with van der Waals surface area (Å²) in [7, 11) is 0. The molecule has 0 spiro atoms. The average Bonchev–Trinajstić information content (AvgIpc) is 3.66. The van der Waals surface area contributed by atoms with Crippen LogP contribution in [0.1, 0.15) is 93.5 Å². The van der Waals surface area contributed by atoms with E-state index in [1.54, 1.807) is 0 Å². The van der Waals surface area contributed by atoms with Gasteiger partial charge in [-0.2, -0.15) is 0 Å². The van der Waals surface area contributed by atoms with Crippen molar-refractivity contribution in [3.8, 4) is 44.5 Å². The maximum atomic E-state index is 2.51. The van der Waals surface area contributed by atoms with Gasteiger partial charge in [0.1, 0.15) is 0 Å². The van der Waals surface area contributed by atoms with Crippen LogP contribution in [0.3, 0.4) is 0 Å². The van der Waals surface area contributed by atoms with E-state index in [0.29, 0.717) is 5.92 Å². The highest BCUT2D eigenvalue weighted by atomic mass is 15.1. The Morgan fingerprint density at radius 2 is 0.983 bits per heavy atom. The maximum absolute atomic E-state index is 2.51. The van der Waals surface area contributed by atoms with Crippen LogP contribution in [0.15, 0.2) is 170 Å². The van der Waals surface area contributed by atoms with Gasteiger partial charge >= 0.3 is 0 Å². The van der Waals surface area contributed by atoms with Gasteiger partial charge in [-0.15, -0.1) is 0 Å². The molecule has 0 atom stereocenters. The second-order valence-corrected chi connectivity index (χ2v) is 18.4. The first-order valence-electron chi connectivity index (χ1n) is 21.8. The maximum Gasteiger partial charge on any atom is 0.0546 e. The molecule has 8 aromatic carbocycles. The number of nitrogens with zero attached hydrogens (tertiary/aromatic N) is 1. The van der Waals surface area contributed by atoms with Crippen molar-refractivity contribution in [2.75, 3.05) is 4.90 Å². The predicted molar refractivity (Wildman–Crippen MR) is 250 cm³/mol. The Morgan fingerprint density at radius 3 is 1.71 bits per heavy atom. The minimum atomic E-state index is -0.100. The molecular weight excluding hydrogens is 711 g/mol. The van der Waals surface area contributed by atoms with Crippen molar-refractivity contribution >= 4 is 27.8 Å². The van der Waals surface area contributed by atoms with E-state index in [9.17, 15) is 0 Å². The van der Waals surface area contributed by atoms with Gasteiger partial charge in [0, 0.05) is 27.8 Å². The van der Waals surface area contributed by atoms with Crippen LogP contribution in [0.2, 0.25) is 0 Å². The number of benzene rings is 8. The number of rotatable bonds is 6. The first-order valence-corrected chi connectivity index (χ1v) is 21.8. The van der Waals surface area contributed by atoms with Gasteiger partial charge in [-0.3, -0.25) is 0 Å². The summed E-state index contributed by atoms with van der Waals surface area (Å²) in [6.07, 6.45) is 6.75. The fraction of sp³-hybridized carbons (Fsp3) is 0.207. The molecule has 1 saturated carbocycles. The lowest BCUT2D eigenvalue weighted by Gasteiger charge is -2.30. The van der Waals surface area contributed by atoms with E-state index in [0.717, 1.165) is 11.4 Å². The Bertz CT molecular complexity index is 2900. The van der Waals surface area contributed by atoms with Crippen molar-refractivity contribution in [1.82, 2.24) is 0 Å². The second kappa shape index (κ2) is 13.7. The Balaban J connectivity index is 1.09. The van der Waals surface area contributed by atoms with E-state index < -0.39 is 0 Å². The number of anilines is 3. The smallest absolute Gasteiger partial charge is 0.0546 e. The van der Waals surface area contributed by atoms with Crippen molar-refractivity contribution in [1.29, 1.82) is 0 Å². The fourth-order valence-corrected chi connectivity index (χ4v) is 11.1. The molecule has 0 N–H and O–H groups in total. The average molecular weight is 762 g/mol.